The molecule has 0 fully saturated rings. The second-order valence-electron chi connectivity index (χ2n) is 9.42. The molecule has 0 amide bonds. The summed E-state index contributed by atoms with van der Waals surface area (Å²) in [5.74, 6) is -0.814. The number of halogens is 2. The van der Waals surface area contributed by atoms with Crippen molar-refractivity contribution in [2.45, 2.75) is 43.9 Å². The molecule has 0 spiro atoms. The maximum absolute atomic E-state index is 17.6. The van der Waals surface area contributed by atoms with Crippen LogP contribution < -0.4 is 10.3 Å². The van der Waals surface area contributed by atoms with E-state index in [9.17, 15) is 14.4 Å². The van der Waals surface area contributed by atoms with Crippen molar-refractivity contribution >= 4 is 23.4 Å². The predicted octanol–water partition coefficient (Wildman–Crippen LogP) is 5.62. The van der Waals surface area contributed by atoms with Crippen molar-refractivity contribution in [3.8, 4) is 5.75 Å². The van der Waals surface area contributed by atoms with E-state index in [1.165, 1.54) is 36.1 Å². The lowest BCUT2D eigenvalue weighted by Gasteiger charge is -2.47. The zero-order valence-electron chi connectivity index (χ0n) is 21.7. The number of methoxy groups -OCH3 is 1. The molecule has 4 rings (SSSR count). The Hall–Kier alpha value is -3.71. The number of Topliss-reactive ketones (excluding diaryl/α,β-unsaturated/α-hetero) is 1. The molecular weight excluding hydrogens is 509 g/mol. The number of carbonyl (C=O) groups is 2. The highest BCUT2D eigenvalue weighted by atomic mass is 35.5. The summed E-state index contributed by atoms with van der Waals surface area (Å²) in [5.41, 5.74) is -2.41. The zero-order valence-corrected chi connectivity index (χ0v) is 22.4. The Kier molecular flexibility index (Phi) is 7.61. The number of ether oxygens (including phenoxy) is 2. The molecule has 3 atom stereocenters. The number of nitrogens with zero attached hydrogens (tertiary/aromatic N) is 1. The molecule has 0 N–H and O–H groups in total. The molecule has 2 aromatic carbocycles. The number of alkyl halides is 1. The monoisotopic (exact) mass is 537 g/mol. The van der Waals surface area contributed by atoms with Crippen molar-refractivity contribution in [3.63, 3.8) is 0 Å². The van der Waals surface area contributed by atoms with Gasteiger partial charge in [-0.1, -0.05) is 48.9 Å². The Morgan fingerprint density at radius 1 is 1.16 bits per heavy atom. The van der Waals surface area contributed by atoms with E-state index in [-0.39, 0.29) is 29.9 Å². The number of hydrogen-bond donors (Lipinski definition) is 0. The lowest BCUT2D eigenvalue weighted by Crippen LogP contribution is -2.59. The van der Waals surface area contributed by atoms with Crippen LogP contribution in [0.15, 0.2) is 77.7 Å². The van der Waals surface area contributed by atoms with Crippen LogP contribution in [-0.2, 0) is 27.6 Å². The highest BCUT2D eigenvalue weighted by Crippen LogP contribution is 2.51. The van der Waals surface area contributed by atoms with Gasteiger partial charge >= 0.3 is 5.97 Å². The molecular formula is C30H29ClFNO5. The molecule has 1 heterocycles. The summed E-state index contributed by atoms with van der Waals surface area (Å²) in [5, 5.41) is 0.439. The third kappa shape index (κ3) is 4.45. The number of aryl methyl sites for hydroxylation is 2. The van der Waals surface area contributed by atoms with Crippen molar-refractivity contribution in [2.75, 3.05) is 7.11 Å². The van der Waals surface area contributed by atoms with Crippen molar-refractivity contribution in [3.05, 3.63) is 111 Å². The van der Waals surface area contributed by atoms with Crippen LogP contribution in [0.25, 0.3) is 0 Å². The lowest BCUT2D eigenvalue weighted by molar-refractivity contribution is -0.154. The Balaban J connectivity index is 2.03. The van der Waals surface area contributed by atoms with Crippen molar-refractivity contribution < 1.29 is 23.5 Å². The first-order chi connectivity index (χ1) is 18.1. The van der Waals surface area contributed by atoms with E-state index in [2.05, 4.69) is 0 Å². The summed E-state index contributed by atoms with van der Waals surface area (Å²) < 4.78 is 30.6. The summed E-state index contributed by atoms with van der Waals surface area (Å²) in [7, 11) is 2.76. The molecule has 0 aliphatic heterocycles. The van der Waals surface area contributed by atoms with Gasteiger partial charge in [-0.3, -0.25) is 14.4 Å². The molecule has 1 aliphatic rings. The Morgan fingerprint density at radius 3 is 2.55 bits per heavy atom. The molecule has 38 heavy (non-hydrogen) atoms. The highest BCUT2D eigenvalue weighted by Gasteiger charge is 2.61. The third-order valence-electron chi connectivity index (χ3n) is 7.14. The number of benzene rings is 2. The van der Waals surface area contributed by atoms with Crippen LogP contribution in [0.3, 0.4) is 0 Å². The Labute approximate surface area is 225 Å². The number of rotatable bonds is 7. The largest absolute Gasteiger partial charge is 0.478 e. The number of para-hydroxylation sites is 1. The third-order valence-corrected chi connectivity index (χ3v) is 7.38. The zero-order chi connectivity index (χ0) is 27.7. The first-order valence-corrected chi connectivity index (χ1v) is 12.6. The van der Waals surface area contributed by atoms with Crippen LogP contribution in [0.2, 0.25) is 5.02 Å². The molecule has 6 nitrogen and oxygen atoms in total. The van der Waals surface area contributed by atoms with Gasteiger partial charge in [0.1, 0.15) is 11.2 Å². The van der Waals surface area contributed by atoms with Crippen LogP contribution in [-0.4, -0.2) is 29.6 Å². The van der Waals surface area contributed by atoms with E-state index in [4.69, 9.17) is 21.1 Å². The molecule has 3 unspecified atom stereocenters. The van der Waals surface area contributed by atoms with Gasteiger partial charge in [0, 0.05) is 42.7 Å². The topological polar surface area (TPSA) is 74.6 Å². The molecule has 0 radical (unpaired) electrons. The maximum Gasteiger partial charge on any atom is 0.323 e. The SMILES string of the molecule is CCC(=O)c1ccccc1OC1(c2ccc(=O)n(C)c2)CC=CC(C(=O)OC)(c2ccc(Cl)cc2C)C1F. The van der Waals surface area contributed by atoms with Gasteiger partial charge in [0.15, 0.2) is 17.6 Å². The van der Waals surface area contributed by atoms with Gasteiger partial charge in [0.2, 0.25) is 5.56 Å². The molecule has 0 saturated carbocycles. The van der Waals surface area contributed by atoms with E-state index in [0.29, 0.717) is 27.3 Å². The van der Waals surface area contributed by atoms with E-state index in [0.717, 1.165) is 0 Å². The minimum Gasteiger partial charge on any atom is -0.478 e. The normalized spacial score (nSPS) is 22.6. The molecule has 0 saturated heterocycles. The fraction of sp³-hybridized carbons (Fsp3) is 0.300. The standard InChI is InChI=1S/C30H29ClFNO5/c1-5-24(34)22-9-6-7-10-25(22)38-30(20-11-14-26(35)33(3)18-20)16-8-15-29(27(30)32,28(36)37-4)23-13-12-21(31)17-19(23)2/h6-15,17-18,27H,5,16H2,1-4H3. The molecule has 8 heteroatoms. The number of esters is 1. The molecule has 198 valence electrons. The van der Waals surface area contributed by atoms with Gasteiger partial charge in [-0.2, -0.15) is 0 Å². The van der Waals surface area contributed by atoms with E-state index in [1.807, 2.05) is 0 Å². The molecule has 0 bridgehead atoms. The van der Waals surface area contributed by atoms with Crippen molar-refractivity contribution in [1.82, 2.24) is 4.57 Å². The summed E-state index contributed by atoms with van der Waals surface area (Å²) in [4.78, 5) is 38.5. The van der Waals surface area contributed by atoms with Crippen LogP contribution in [0.1, 0.15) is 46.8 Å². The number of aromatic nitrogens is 1. The minimum atomic E-state index is -2.03. The number of pyridine rings is 1. The molecule has 3 aromatic rings. The first-order valence-electron chi connectivity index (χ1n) is 12.3. The van der Waals surface area contributed by atoms with E-state index in [1.54, 1.807) is 69.4 Å². The summed E-state index contributed by atoms with van der Waals surface area (Å²) in [6.07, 6.45) is 2.89. The van der Waals surface area contributed by atoms with Crippen LogP contribution in [0.5, 0.6) is 5.75 Å². The van der Waals surface area contributed by atoms with E-state index < -0.39 is 23.2 Å². The fourth-order valence-electron chi connectivity index (χ4n) is 5.18. The van der Waals surface area contributed by atoms with Gasteiger partial charge in [-0.05, 0) is 48.4 Å². The average Bonchev–Trinajstić information content (AvgIpc) is 2.91. The van der Waals surface area contributed by atoms with Crippen LogP contribution in [0, 0.1) is 6.92 Å². The number of ketones is 1. The summed E-state index contributed by atoms with van der Waals surface area (Å²) >= 11 is 6.19. The quantitative estimate of drug-likeness (QED) is 0.222. The van der Waals surface area contributed by atoms with Crippen LogP contribution in [0.4, 0.5) is 4.39 Å². The summed E-state index contributed by atoms with van der Waals surface area (Å²) in [6, 6.07) is 14.3. The lowest BCUT2D eigenvalue weighted by atomic mass is 9.63. The van der Waals surface area contributed by atoms with Crippen LogP contribution >= 0.6 is 11.6 Å². The Morgan fingerprint density at radius 2 is 1.89 bits per heavy atom. The Bertz CT molecular complexity index is 1480. The maximum atomic E-state index is 17.6. The van der Waals surface area contributed by atoms with Gasteiger partial charge in [0.25, 0.3) is 0 Å². The highest BCUT2D eigenvalue weighted by molar-refractivity contribution is 6.30. The van der Waals surface area contributed by atoms with E-state index >= 15 is 4.39 Å². The van der Waals surface area contributed by atoms with Gasteiger partial charge < -0.3 is 14.0 Å². The van der Waals surface area contributed by atoms with Gasteiger partial charge in [0.05, 0.1) is 12.7 Å². The second-order valence-corrected chi connectivity index (χ2v) is 9.86. The minimum absolute atomic E-state index is 0.0202. The molecule has 1 aliphatic carbocycles. The second kappa shape index (κ2) is 10.6. The summed E-state index contributed by atoms with van der Waals surface area (Å²) in [6.45, 7) is 3.47. The van der Waals surface area contributed by atoms with Gasteiger partial charge in [-0.25, -0.2) is 4.39 Å². The smallest absolute Gasteiger partial charge is 0.323 e. The predicted molar refractivity (Wildman–Crippen MR) is 144 cm³/mol. The molecule has 1 aromatic heterocycles. The number of hydrogen-bond acceptors (Lipinski definition) is 5. The fourth-order valence-corrected chi connectivity index (χ4v) is 5.40. The average molecular weight is 538 g/mol. The first kappa shape index (κ1) is 27.3. The number of carbonyl (C=O) groups excluding carboxylic acids is 2. The van der Waals surface area contributed by atoms with Crippen molar-refractivity contribution in [2.24, 2.45) is 7.05 Å². The van der Waals surface area contributed by atoms with Gasteiger partial charge in [-0.15, -0.1) is 0 Å². The van der Waals surface area contributed by atoms with Crippen molar-refractivity contribution in [1.29, 1.82) is 0 Å².